The first kappa shape index (κ1) is 13.4. The molecule has 0 rings (SSSR count). The van der Waals surface area contributed by atoms with E-state index in [-0.39, 0.29) is 24.3 Å². The molecule has 0 aliphatic rings. The van der Waals surface area contributed by atoms with Crippen LogP contribution < -0.4 is 5.32 Å². The van der Waals surface area contributed by atoms with E-state index in [0.717, 1.165) is 6.42 Å². The Morgan fingerprint density at radius 3 is 2.57 bits per heavy atom. The molecule has 1 amide bonds. The van der Waals surface area contributed by atoms with Crippen molar-refractivity contribution in [3.8, 4) is 0 Å². The quantitative estimate of drug-likeness (QED) is 0.589. The summed E-state index contributed by atoms with van der Waals surface area (Å²) in [6, 6.07) is 0. The highest BCUT2D eigenvalue weighted by Gasteiger charge is 2.20. The van der Waals surface area contributed by atoms with Crippen LogP contribution in [0.1, 0.15) is 20.3 Å². The van der Waals surface area contributed by atoms with E-state index in [0.29, 0.717) is 13.2 Å². The second kappa shape index (κ2) is 7.76. The molecule has 0 bridgehead atoms. The molecule has 0 fully saturated rings. The van der Waals surface area contributed by atoms with Gasteiger partial charge in [0.05, 0.1) is 12.5 Å². The van der Waals surface area contributed by atoms with E-state index >= 15 is 0 Å². The van der Waals surface area contributed by atoms with Crippen LogP contribution in [0.3, 0.4) is 0 Å². The van der Waals surface area contributed by atoms with Crippen molar-refractivity contribution in [2.24, 2.45) is 11.8 Å². The maximum atomic E-state index is 11.5. The number of hydrogen-bond donors (Lipinski definition) is 2. The van der Waals surface area contributed by atoms with E-state index in [9.17, 15) is 4.79 Å². The number of amides is 1. The number of nitrogens with one attached hydrogen (secondary N) is 1. The smallest absolute Gasteiger partial charge is 0.225 e. The molecule has 14 heavy (non-hydrogen) atoms. The third-order valence-corrected chi connectivity index (χ3v) is 2.16. The largest absolute Gasteiger partial charge is 0.396 e. The van der Waals surface area contributed by atoms with E-state index in [4.69, 9.17) is 9.84 Å². The molecule has 0 spiro atoms. The van der Waals surface area contributed by atoms with Gasteiger partial charge < -0.3 is 15.2 Å². The van der Waals surface area contributed by atoms with Crippen LogP contribution in [0.2, 0.25) is 0 Å². The van der Waals surface area contributed by atoms with E-state index in [1.54, 1.807) is 7.11 Å². The summed E-state index contributed by atoms with van der Waals surface area (Å²) in [5.74, 6) is -0.196. The van der Waals surface area contributed by atoms with Gasteiger partial charge in [0.25, 0.3) is 0 Å². The Morgan fingerprint density at radius 2 is 2.14 bits per heavy atom. The summed E-state index contributed by atoms with van der Waals surface area (Å²) in [6.07, 6.45) is 0.804. The Morgan fingerprint density at radius 1 is 1.50 bits per heavy atom. The highest BCUT2D eigenvalue weighted by atomic mass is 16.5. The summed E-state index contributed by atoms with van der Waals surface area (Å²) in [5, 5.41) is 11.8. The maximum absolute atomic E-state index is 11.5. The molecule has 1 atom stereocenters. The first-order valence-electron chi connectivity index (χ1n) is 5.01. The van der Waals surface area contributed by atoms with Crippen molar-refractivity contribution in [3.05, 3.63) is 0 Å². The molecular weight excluding hydrogens is 182 g/mol. The molecule has 0 aromatic carbocycles. The predicted octanol–water partition coefficient (Wildman–Crippen LogP) is 0.404. The molecule has 0 aliphatic carbocycles. The van der Waals surface area contributed by atoms with Crippen LogP contribution in [0, 0.1) is 11.8 Å². The molecule has 0 heterocycles. The fourth-order valence-electron chi connectivity index (χ4n) is 1.16. The molecule has 0 aromatic heterocycles. The van der Waals surface area contributed by atoms with Crippen LogP contribution in [0.25, 0.3) is 0 Å². The number of methoxy groups -OCH3 is 1. The lowest BCUT2D eigenvalue weighted by atomic mass is 9.96. The first-order valence-corrected chi connectivity index (χ1v) is 5.01. The minimum atomic E-state index is -0.294. The van der Waals surface area contributed by atoms with Gasteiger partial charge in [0.1, 0.15) is 0 Å². The molecule has 84 valence electrons. The van der Waals surface area contributed by atoms with Crippen LogP contribution in [0.15, 0.2) is 0 Å². The number of carbonyl (C=O) groups excluding carboxylic acids is 1. The van der Waals surface area contributed by atoms with Crippen LogP contribution in [-0.2, 0) is 9.53 Å². The SMILES string of the molecule is COCCCNC(=O)C(CO)C(C)C. The lowest BCUT2D eigenvalue weighted by Gasteiger charge is -2.17. The van der Waals surface area contributed by atoms with Crippen LogP contribution >= 0.6 is 0 Å². The number of ether oxygens (including phenoxy) is 1. The van der Waals surface area contributed by atoms with E-state index in [1.165, 1.54) is 0 Å². The molecule has 2 N–H and O–H groups in total. The second-order valence-corrected chi connectivity index (χ2v) is 3.67. The molecule has 4 heteroatoms. The highest BCUT2D eigenvalue weighted by Crippen LogP contribution is 2.09. The second-order valence-electron chi connectivity index (χ2n) is 3.67. The molecule has 0 saturated heterocycles. The zero-order valence-electron chi connectivity index (χ0n) is 9.25. The third kappa shape index (κ3) is 5.19. The van der Waals surface area contributed by atoms with Crippen molar-refractivity contribution < 1.29 is 14.6 Å². The monoisotopic (exact) mass is 203 g/mol. The minimum Gasteiger partial charge on any atom is -0.396 e. The summed E-state index contributed by atoms with van der Waals surface area (Å²) in [4.78, 5) is 11.5. The Kier molecular flexibility index (Phi) is 7.42. The zero-order chi connectivity index (χ0) is 11.0. The summed E-state index contributed by atoms with van der Waals surface area (Å²) in [7, 11) is 1.63. The summed E-state index contributed by atoms with van der Waals surface area (Å²) in [5.41, 5.74) is 0. The number of aliphatic hydroxyl groups excluding tert-OH is 1. The van der Waals surface area contributed by atoms with E-state index in [1.807, 2.05) is 13.8 Å². The number of aliphatic hydroxyl groups is 1. The fraction of sp³-hybridized carbons (Fsp3) is 0.900. The molecular formula is C10H21NO3. The van der Waals surface area contributed by atoms with Gasteiger partial charge in [-0.3, -0.25) is 4.79 Å². The lowest BCUT2D eigenvalue weighted by Crippen LogP contribution is -2.36. The standard InChI is InChI=1S/C10H21NO3/c1-8(2)9(7-12)10(13)11-5-4-6-14-3/h8-9,12H,4-7H2,1-3H3,(H,11,13). The number of hydrogen-bond acceptors (Lipinski definition) is 3. The molecule has 1 unspecified atom stereocenters. The van der Waals surface area contributed by atoms with Gasteiger partial charge in [-0.25, -0.2) is 0 Å². The van der Waals surface area contributed by atoms with Crippen LogP contribution in [-0.4, -0.2) is 37.9 Å². The number of carbonyl (C=O) groups is 1. The van der Waals surface area contributed by atoms with Crippen LogP contribution in [0.5, 0.6) is 0 Å². The average Bonchev–Trinajstić information content (AvgIpc) is 2.13. The van der Waals surface area contributed by atoms with Gasteiger partial charge in [-0.05, 0) is 12.3 Å². The van der Waals surface area contributed by atoms with Crippen LogP contribution in [0.4, 0.5) is 0 Å². The van der Waals surface area contributed by atoms with E-state index in [2.05, 4.69) is 5.32 Å². The summed E-state index contributed by atoms with van der Waals surface area (Å²) in [6.45, 7) is 5.01. The van der Waals surface area contributed by atoms with Gasteiger partial charge >= 0.3 is 0 Å². The van der Waals surface area contributed by atoms with Crippen molar-refractivity contribution in [3.63, 3.8) is 0 Å². The fourth-order valence-corrected chi connectivity index (χ4v) is 1.16. The Hall–Kier alpha value is -0.610. The summed E-state index contributed by atoms with van der Waals surface area (Å²) >= 11 is 0. The van der Waals surface area contributed by atoms with E-state index < -0.39 is 0 Å². The molecule has 0 saturated carbocycles. The Labute approximate surface area is 85.6 Å². The van der Waals surface area contributed by atoms with Crippen molar-refractivity contribution in [2.75, 3.05) is 26.9 Å². The van der Waals surface area contributed by atoms with Gasteiger partial charge in [-0.2, -0.15) is 0 Å². The molecule has 4 nitrogen and oxygen atoms in total. The Balaban J connectivity index is 3.70. The minimum absolute atomic E-state index is 0.0707. The Bertz CT molecular complexity index is 159. The first-order chi connectivity index (χ1) is 6.63. The average molecular weight is 203 g/mol. The van der Waals surface area contributed by atoms with Gasteiger partial charge in [-0.1, -0.05) is 13.8 Å². The van der Waals surface area contributed by atoms with Crippen molar-refractivity contribution >= 4 is 5.91 Å². The van der Waals surface area contributed by atoms with Crippen molar-refractivity contribution in [2.45, 2.75) is 20.3 Å². The molecule has 0 aromatic rings. The van der Waals surface area contributed by atoms with Crippen molar-refractivity contribution in [1.82, 2.24) is 5.32 Å². The van der Waals surface area contributed by atoms with Gasteiger partial charge in [0.15, 0.2) is 0 Å². The third-order valence-electron chi connectivity index (χ3n) is 2.16. The zero-order valence-corrected chi connectivity index (χ0v) is 9.25. The van der Waals surface area contributed by atoms with Gasteiger partial charge in [-0.15, -0.1) is 0 Å². The predicted molar refractivity (Wildman–Crippen MR) is 54.9 cm³/mol. The van der Waals surface area contributed by atoms with Crippen molar-refractivity contribution in [1.29, 1.82) is 0 Å². The highest BCUT2D eigenvalue weighted by molar-refractivity contribution is 5.78. The molecule has 0 radical (unpaired) electrons. The normalized spacial score (nSPS) is 12.9. The topological polar surface area (TPSA) is 58.6 Å². The van der Waals surface area contributed by atoms with Gasteiger partial charge in [0, 0.05) is 20.3 Å². The molecule has 0 aliphatic heterocycles. The maximum Gasteiger partial charge on any atom is 0.225 e. The lowest BCUT2D eigenvalue weighted by molar-refractivity contribution is -0.127. The summed E-state index contributed by atoms with van der Waals surface area (Å²) < 4.78 is 4.86. The van der Waals surface area contributed by atoms with Gasteiger partial charge in [0.2, 0.25) is 5.91 Å². The number of rotatable bonds is 7.